The Bertz CT molecular complexity index is 1290. The highest BCUT2D eigenvalue weighted by atomic mass is 19.1. The molecule has 2 atom stereocenters. The number of hydrogen-bond donors (Lipinski definition) is 3. The molecular formula is C25H21FN4O4. The summed E-state index contributed by atoms with van der Waals surface area (Å²) in [6, 6.07) is 18.5. The van der Waals surface area contributed by atoms with E-state index in [1.807, 2.05) is 6.07 Å². The number of aromatic nitrogens is 3. The standard InChI is InChI=1S/C25H21FN4O4/c26-18-10-8-17(9-11-18)20-12-14-30(29-20)23-19(7-4-13-27-23)24(32)28-21(22(31)25(33)34)15-16-5-2-1-3-6-16/h1-14,21-22,31H,15H2,(H,28,32)(H,33,34). The Morgan fingerprint density at radius 3 is 2.44 bits per heavy atom. The van der Waals surface area contributed by atoms with Gasteiger partial charge in [-0.3, -0.25) is 4.79 Å². The topological polar surface area (TPSA) is 117 Å². The zero-order chi connectivity index (χ0) is 24.1. The van der Waals surface area contributed by atoms with Crippen molar-refractivity contribution < 1.29 is 24.2 Å². The molecule has 0 aliphatic carbocycles. The number of aliphatic hydroxyl groups is 1. The third-order valence-corrected chi connectivity index (χ3v) is 5.23. The number of carbonyl (C=O) groups is 2. The molecule has 0 spiro atoms. The molecule has 0 radical (unpaired) electrons. The molecule has 4 aromatic rings. The highest BCUT2D eigenvalue weighted by Crippen LogP contribution is 2.20. The first-order valence-electron chi connectivity index (χ1n) is 10.4. The molecule has 172 valence electrons. The summed E-state index contributed by atoms with van der Waals surface area (Å²) in [6.45, 7) is 0. The van der Waals surface area contributed by atoms with Gasteiger partial charge in [0.05, 0.1) is 17.3 Å². The van der Waals surface area contributed by atoms with Gasteiger partial charge >= 0.3 is 5.97 Å². The summed E-state index contributed by atoms with van der Waals surface area (Å²) in [5.74, 6) is -2.19. The van der Waals surface area contributed by atoms with Gasteiger partial charge in [0, 0.05) is 18.0 Å². The number of rotatable bonds is 8. The Morgan fingerprint density at radius 1 is 1.00 bits per heavy atom. The van der Waals surface area contributed by atoms with Crippen molar-refractivity contribution >= 4 is 11.9 Å². The number of nitrogens with zero attached hydrogens (tertiary/aromatic N) is 3. The second kappa shape index (κ2) is 10.1. The third kappa shape index (κ3) is 5.16. The highest BCUT2D eigenvalue weighted by Gasteiger charge is 2.29. The Balaban J connectivity index is 1.60. The van der Waals surface area contributed by atoms with Crippen molar-refractivity contribution in [2.24, 2.45) is 0 Å². The second-order valence-corrected chi connectivity index (χ2v) is 7.58. The van der Waals surface area contributed by atoms with Crippen molar-refractivity contribution in [3.05, 3.63) is 102 Å². The number of carboxylic acid groups (broad SMARTS) is 1. The summed E-state index contributed by atoms with van der Waals surface area (Å²) in [5.41, 5.74) is 2.15. The van der Waals surface area contributed by atoms with Gasteiger partial charge in [0.1, 0.15) is 5.82 Å². The van der Waals surface area contributed by atoms with E-state index in [4.69, 9.17) is 0 Å². The zero-order valence-corrected chi connectivity index (χ0v) is 17.9. The first-order chi connectivity index (χ1) is 16.4. The van der Waals surface area contributed by atoms with Crippen LogP contribution in [-0.4, -0.2) is 49.0 Å². The van der Waals surface area contributed by atoms with Crippen LogP contribution in [0.3, 0.4) is 0 Å². The summed E-state index contributed by atoms with van der Waals surface area (Å²) in [5, 5.41) is 26.6. The molecule has 0 saturated heterocycles. The first-order valence-corrected chi connectivity index (χ1v) is 10.4. The number of hydrogen-bond acceptors (Lipinski definition) is 5. The van der Waals surface area contributed by atoms with Crippen LogP contribution in [0.4, 0.5) is 4.39 Å². The quantitative estimate of drug-likeness (QED) is 0.372. The molecule has 2 unspecified atom stereocenters. The molecule has 4 rings (SSSR count). The van der Waals surface area contributed by atoms with E-state index < -0.39 is 24.0 Å². The van der Waals surface area contributed by atoms with E-state index >= 15 is 0 Å². The molecule has 0 fully saturated rings. The molecule has 34 heavy (non-hydrogen) atoms. The average Bonchev–Trinajstić information content (AvgIpc) is 3.34. The van der Waals surface area contributed by atoms with Gasteiger partial charge in [-0.2, -0.15) is 5.10 Å². The van der Waals surface area contributed by atoms with Crippen LogP contribution in [0.5, 0.6) is 0 Å². The van der Waals surface area contributed by atoms with Gasteiger partial charge in [0.2, 0.25) is 0 Å². The van der Waals surface area contributed by atoms with Gasteiger partial charge in [-0.15, -0.1) is 0 Å². The van der Waals surface area contributed by atoms with Crippen molar-refractivity contribution in [2.45, 2.75) is 18.6 Å². The van der Waals surface area contributed by atoms with Crippen molar-refractivity contribution in [1.82, 2.24) is 20.1 Å². The predicted molar refractivity (Wildman–Crippen MR) is 122 cm³/mol. The molecule has 2 aromatic heterocycles. The lowest BCUT2D eigenvalue weighted by Crippen LogP contribution is -2.48. The minimum Gasteiger partial charge on any atom is -0.479 e. The molecule has 0 bridgehead atoms. The van der Waals surface area contributed by atoms with Crippen LogP contribution in [-0.2, 0) is 11.2 Å². The molecule has 8 nitrogen and oxygen atoms in total. The van der Waals surface area contributed by atoms with Crippen LogP contribution in [0.15, 0.2) is 85.2 Å². The summed E-state index contributed by atoms with van der Waals surface area (Å²) >= 11 is 0. The van der Waals surface area contributed by atoms with E-state index in [-0.39, 0.29) is 23.6 Å². The maximum Gasteiger partial charge on any atom is 0.334 e. The van der Waals surface area contributed by atoms with Gasteiger partial charge in [-0.1, -0.05) is 30.3 Å². The van der Waals surface area contributed by atoms with E-state index in [0.29, 0.717) is 11.3 Å². The molecule has 0 aliphatic heterocycles. The fourth-order valence-corrected chi connectivity index (χ4v) is 3.50. The lowest BCUT2D eigenvalue weighted by Gasteiger charge is -2.22. The van der Waals surface area contributed by atoms with Crippen LogP contribution >= 0.6 is 0 Å². The van der Waals surface area contributed by atoms with Crippen molar-refractivity contribution in [1.29, 1.82) is 0 Å². The summed E-state index contributed by atoms with van der Waals surface area (Å²) in [4.78, 5) is 28.9. The minimum atomic E-state index is -1.81. The van der Waals surface area contributed by atoms with E-state index in [1.54, 1.807) is 54.7 Å². The number of carbonyl (C=O) groups excluding carboxylic acids is 1. The Kier molecular flexibility index (Phi) is 6.74. The number of aliphatic carboxylic acids is 1. The molecule has 9 heteroatoms. The number of benzene rings is 2. The van der Waals surface area contributed by atoms with Gasteiger partial charge in [-0.25, -0.2) is 18.9 Å². The van der Waals surface area contributed by atoms with Crippen LogP contribution < -0.4 is 5.32 Å². The van der Waals surface area contributed by atoms with Crippen LogP contribution in [0.2, 0.25) is 0 Å². The average molecular weight is 460 g/mol. The van der Waals surface area contributed by atoms with E-state index in [9.17, 15) is 24.2 Å². The summed E-state index contributed by atoms with van der Waals surface area (Å²) in [6.07, 6.45) is 1.43. The summed E-state index contributed by atoms with van der Waals surface area (Å²) in [7, 11) is 0. The van der Waals surface area contributed by atoms with E-state index in [1.165, 1.54) is 29.1 Å². The lowest BCUT2D eigenvalue weighted by atomic mass is 10.0. The maximum atomic E-state index is 13.2. The predicted octanol–water partition coefficient (Wildman–Crippen LogP) is 2.86. The van der Waals surface area contributed by atoms with Gasteiger partial charge < -0.3 is 15.5 Å². The molecule has 3 N–H and O–H groups in total. The van der Waals surface area contributed by atoms with Gasteiger partial charge in [0.25, 0.3) is 5.91 Å². The van der Waals surface area contributed by atoms with Crippen molar-refractivity contribution in [2.75, 3.05) is 0 Å². The van der Waals surface area contributed by atoms with Crippen molar-refractivity contribution in [3.63, 3.8) is 0 Å². The molecular weight excluding hydrogens is 439 g/mol. The largest absolute Gasteiger partial charge is 0.479 e. The van der Waals surface area contributed by atoms with E-state index in [2.05, 4.69) is 15.4 Å². The third-order valence-electron chi connectivity index (χ3n) is 5.23. The normalized spacial score (nSPS) is 12.6. The smallest absolute Gasteiger partial charge is 0.334 e. The number of aliphatic hydroxyl groups excluding tert-OH is 1. The molecule has 1 amide bonds. The van der Waals surface area contributed by atoms with Crippen molar-refractivity contribution in [3.8, 4) is 17.1 Å². The Labute approximate surface area is 194 Å². The SMILES string of the molecule is O=C(NC(Cc1ccccc1)C(O)C(=O)O)c1cccnc1-n1ccc(-c2ccc(F)cc2)n1. The molecule has 2 heterocycles. The van der Waals surface area contributed by atoms with Crippen LogP contribution in [0.1, 0.15) is 15.9 Å². The Morgan fingerprint density at radius 2 is 1.74 bits per heavy atom. The Hall–Kier alpha value is -4.37. The minimum absolute atomic E-state index is 0.117. The number of carboxylic acids is 1. The fourth-order valence-electron chi connectivity index (χ4n) is 3.50. The van der Waals surface area contributed by atoms with Crippen LogP contribution in [0.25, 0.3) is 17.1 Å². The second-order valence-electron chi connectivity index (χ2n) is 7.58. The number of halogens is 1. The zero-order valence-electron chi connectivity index (χ0n) is 17.9. The summed E-state index contributed by atoms with van der Waals surface area (Å²) < 4.78 is 14.6. The molecule has 2 aromatic carbocycles. The monoisotopic (exact) mass is 460 g/mol. The number of amides is 1. The van der Waals surface area contributed by atoms with Gasteiger partial charge in [0.15, 0.2) is 11.9 Å². The fraction of sp³-hybridized carbons (Fsp3) is 0.120. The molecule has 0 saturated carbocycles. The number of pyridine rings is 1. The van der Waals surface area contributed by atoms with Crippen LogP contribution in [0, 0.1) is 5.82 Å². The van der Waals surface area contributed by atoms with Gasteiger partial charge in [-0.05, 0) is 54.4 Å². The maximum absolute atomic E-state index is 13.2. The van der Waals surface area contributed by atoms with E-state index in [0.717, 1.165) is 5.56 Å². The number of nitrogens with one attached hydrogen (secondary N) is 1. The highest BCUT2D eigenvalue weighted by molar-refractivity contribution is 5.97. The lowest BCUT2D eigenvalue weighted by molar-refractivity contribution is -0.148. The first kappa shape index (κ1) is 22.8. The molecule has 0 aliphatic rings.